The van der Waals surface area contributed by atoms with E-state index in [0.29, 0.717) is 6.54 Å². The van der Waals surface area contributed by atoms with E-state index in [1.165, 1.54) is 0 Å². The normalized spacial score (nSPS) is 17.3. The molecule has 1 amide bonds. The number of amides is 1. The van der Waals surface area contributed by atoms with Crippen LogP contribution in [0.3, 0.4) is 0 Å². The number of aliphatic hydroxyl groups excluding tert-OH is 1. The van der Waals surface area contributed by atoms with Crippen molar-refractivity contribution in [1.29, 1.82) is 0 Å². The Labute approximate surface area is 102 Å². The molecule has 0 aromatic heterocycles. The Hall–Kier alpha value is -1.35. The third kappa shape index (κ3) is 2.50. The van der Waals surface area contributed by atoms with E-state index < -0.39 is 0 Å². The van der Waals surface area contributed by atoms with Crippen LogP contribution in [0.2, 0.25) is 0 Å². The summed E-state index contributed by atoms with van der Waals surface area (Å²) in [7, 11) is 0. The Balaban J connectivity index is 1.96. The minimum Gasteiger partial charge on any atom is -0.396 e. The van der Waals surface area contributed by atoms with Crippen molar-refractivity contribution in [2.24, 2.45) is 5.41 Å². The predicted molar refractivity (Wildman–Crippen MR) is 66.9 cm³/mol. The first kappa shape index (κ1) is 12.1. The van der Waals surface area contributed by atoms with Gasteiger partial charge < -0.3 is 10.4 Å². The number of nitrogens with one attached hydrogen (secondary N) is 1. The van der Waals surface area contributed by atoms with Crippen LogP contribution in [0.1, 0.15) is 35.2 Å². The van der Waals surface area contributed by atoms with Gasteiger partial charge in [0, 0.05) is 17.5 Å². The zero-order valence-corrected chi connectivity index (χ0v) is 10.2. The molecular weight excluding hydrogens is 214 g/mol. The lowest BCUT2D eigenvalue weighted by atomic mass is 9.69. The largest absolute Gasteiger partial charge is 0.396 e. The van der Waals surface area contributed by atoms with Gasteiger partial charge in [0.05, 0.1) is 6.61 Å². The van der Waals surface area contributed by atoms with Crippen molar-refractivity contribution < 1.29 is 9.90 Å². The fraction of sp³-hybridized carbons (Fsp3) is 0.500. The summed E-state index contributed by atoms with van der Waals surface area (Å²) in [5.74, 6) is -0.0391. The highest BCUT2D eigenvalue weighted by atomic mass is 16.3. The Kier molecular flexibility index (Phi) is 3.48. The summed E-state index contributed by atoms with van der Waals surface area (Å²) in [6.45, 7) is 2.68. The lowest BCUT2D eigenvalue weighted by Gasteiger charge is -2.40. The Bertz CT molecular complexity index is 405. The van der Waals surface area contributed by atoms with Crippen LogP contribution in [0.25, 0.3) is 0 Å². The minimum absolute atomic E-state index is 0.0391. The highest BCUT2D eigenvalue weighted by molar-refractivity contribution is 5.95. The van der Waals surface area contributed by atoms with Gasteiger partial charge in [-0.05, 0) is 31.4 Å². The molecule has 0 heterocycles. The summed E-state index contributed by atoms with van der Waals surface area (Å²) in [6.07, 6.45) is 3.18. The second-order valence-electron chi connectivity index (χ2n) is 5.01. The number of aliphatic hydroxyl groups is 1. The first-order valence-electron chi connectivity index (χ1n) is 6.12. The number of hydrogen-bond donors (Lipinski definition) is 2. The van der Waals surface area contributed by atoms with Crippen LogP contribution in [-0.2, 0) is 0 Å². The van der Waals surface area contributed by atoms with Gasteiger partial charge in [-0.15, -0.1) is 0 Å². The number of carbonyl (C=O) groups is 1. The Morgan fingerprint density at radius 3 is 2.65 bits per heavy atom. The SMILES string of the molecule is Cc1ccccc1C(=O)NCC1(CO)CCC1. The van der Waals surface area contributed by atoms with Crippen molar-refractivity contribution in [3.63, 3.8) is 0 Å². The summed E-state index contributed by atoms with van der Waals surface area (Å²) in [5.41, 5.74) is 1.65. The molecule has 17 heavy (non-hydrogen) atoms. The Morgan fingerprint density at radius 1 is 1.41 bits per heavy atom. The molecule has 0 saturated heterocycles. The summed E-state index contributed by atoms with van der Waals surface area (Å²) in [5, 5.41) is 12.3. The molecule has 0 aliphatic heterocycles. The minimum atomic E-state index is -0.0572. The fourth-order valence-corrected chi connectivity index (χ4v) is 2.26. The molecule has 3 heteroatoms. The van der Waals surface area contributed by atoms with E-state index in [-0.39, 0.29) is 17.9 Å². The molecule has 1 aliphatic carbocycles. The standard InChI is InChI=1S/C14H19NO2/c1-11-5-2-3-6-12(11)13(17)15-9-14(10-16)7-4-8-14/h2-3,5-6,16H,4,7-10H2,1H3,(H,15,17). The monoisotopic (exact) mass is 233 g/mol. The maximum absolute atomic E-state index is 12.0. The number of hydrogen-bond acceptors (Lipinski definition) is 2. The van der Waals surface area contributed by atoms with Crippen molar-refractivity contribution in [3.05, 3.63) is 35.4 Å². The Morgan fingerprint density at radius 2 is 2.12 bits per heavy atom. The van der Waals surface area contributed by atoms with Crippen molar-refractivity contribution in [3.8, 4) is 0 Å². The number of benzene rings is 1. The predicted octanol–water partition coefficient (Wildman–Crippen LogP) is 1.89. The van der Waals surface area contributed by atoms with Crippen LogP contribution in [0, 0.1) is 12.3 Å². The maximum atomic E-state index is 12.0. The fourth-order valence-electron chi connectivity index (χ4n) is 2.26. The third-order valence-corrected chi connectivity index (χ3v) is 3.76. The van der Waals surface area contributed by atoms with E-state index in [4.69, 9.17) is 0 Å². The van der Waals surface area contributed by atoms with Gasteiger partial charge in [-0.2, -0.15) is 0 Å². The molecule has 2 N–H and O–H groups in total. The lowest BCUT2D eigenvalue weighted by Crippen LogP contribution is -2.44. The lowest BCUT2D eigenvalue weighted by molar-refractivity contribution is 0.0429. The van der Waals surface area contributed by atoms with Crippen molar-refractivity contribution in [1.82, 2.24) is 5.32 Å². The average molecular weight is 233 g/mol. The van der Waals surface area contributed by atoms with E-state index in [2.05, 4.69) is 5.32 Å². The van der Waals surface area contributed by atoms with Crippen LogP contribution in [0.15, 0.2) is 24.3 Å². The van der Waals surface area contributed by atoms with Gasteiger partial charge in [0.1, 0.15) is 0 Å². The topological polar surface area (TPSA) is 49.3 Å². The van der Waals surface area contributed by atoms with Gasteiger partial charge in [0.15, 0.2) is 0 Å². The molecule has 0 bridgehead atoms. The van der Waals surface area contributed by atoms with Gasteiger partial charge in [-0.3, -0.25) is 4.79 Å². The molecule has 3 nitrogen and oxygen atoms in total. The number of carbonyl (C=O) groups excluding carboxylic acids is 1. The maximum Gasteiger partial charge on any atom is 0.251 e. The zero-order valence-electron chi connectivity index (χ0n) is 10.2. The molecular formula is C14H19NO2. The van der Waals surface area contributed by atoms with Crippen LogP contribution in [-0.4, -0.2) is 24.2 Å². The average Bonchev–Trinajstić information content (AvgIpc) is 2.28. The van der Waals surface area contributed by atoms with E-state index >= 15 is 0 Å². The van der Waals surface area contributed by atoms with E-state index in [0.717, 1.165) is 30.4 Å². The molecule has 0 spiro atoms. The molecule has 2 rings (SSSR count). The molecule has 92 valence electrons. The van der Waals surface area contributed by atoms with Crippen LogP contribution in [0.5, 0.6) is 0 Å². The molecule has 0 unspecified atom stereocenters. The van der Waals surface area contributed by atoms with Crippen LogP contribution in [0.4, 0.5) is 0 Å². The summed E-state index contributed by atoms with van der Waals surface area (Å²) in [6, 6.07) is 7.55. The van der Waals surface area contributed by atoms with E-state index in [9.17, 15) is 9.90 Å². The van der Waals surface area contributed by atoms with Gasteiger partial charge in [0.2, 0.25) is 0 Å². The third-order valence-electron chi connectivity index (χ3n) is 3.76. The number of rotatable bonds is 4. The second-order valence-corrected chi connectivity index (χ2v) is 5.01. The van der Waals surface area contributed by atoms with Crippen LogP contribution < -0.4 is 5.32 Å². The van der Waals surface area contributed by atoms with Crippen molar-refractivity contribution in [2.75, 3.05) is 13.2 Å². The summed E-state index contributed by atoms with van der Waals surface area (Å²) < 4.78 is 0. The molecule has 1 saturated carbocycles. The summed E-state index contributed by atoms with van der Waals surface area (Å²) >= 11 is 0. The molecule has 1 aromatic carbocycles. The highest BCUT2D eigenvalue weighted by Crippen LogP contribution is 2.39. The molecule has 1 aromatic rings. The van der Waals surface area contributed by atoms with E-state index in [1.54, 1.807) is 0 Å². The first-order valence-corrected chi connectivity index (χ1v) is 6.12. The van der Waals surface area contributed by atoms with Gasteiger partial charge in [0.25, 0.3) is 5.91 Å². The highest BCUT2D eigenvalue weighted by Gasteiger charge is 2.36. The first-order chi connectivity index (χ1) is 8.17. The summed E-state index contributed by atoms with van der Waals surface area (Å²) in [4.78, 5) is 12.0. The van der Waals surface area contributed by atoms with E-state index in [1.807, 2.05) is 31.2 Å². The smallest absolute Gasteiger partial charge is 0.251 e. The molecule has 1 aliphatic rings. The van der Waals surface area contributed by atoms with Gasteiger partial charge in [-0.1, -0.05) is 24.6 Å². The van der Waals surface area contributed by atoms with Gasteiger partial charge >= 0.3 is 0 Å². The second kappa shape index (κ2) is 4.88. The van der Waals surface area contributed by atoms with Crippen molar-refractivity contribution in [2.45, 2.75) is 26.2 Å². The van der Waals surface area contributed by atoms with Crippen LogP contribution >= 0.6 is 0 Å². The number of aryl methyl sites for hydroxylation is 1. The quantitative estimate of drug-likeness (QED) is 0.834. The molecule has 1 fully saturated rings. The van der Waals surface area contributed by atoms with Crippen molar-refractivity contribution >= 4 is 5.91 Å². The molecule has 0 radical (unpaired) electrons. The molecule has 0 atom stereocenters. The zero-order chi connectivity index (χ0) is 12.3. The van der Waals surface area contributed by atoms with Gasteiger partial charge in [-0.25, -0.2) is 0 Å².